The van der Waals surface area contributed by atoms with E-state index in [4.69, 9.17) is 0 Å². The van der Waals surface area contributed by atoms with Crippen molar-refractivity contribution in [3.05, 3.63) is 36.2 Å². The third-order valence-electron chi connectivity index (χ3n) is 3.17. The van der Waals surface area contributed by atoms with E-state index in [1.54, 1.807) is 0 Å². The number of rotatable bonds is 3. The first-order valence-electron chi connectivity index (χ1n) is 6.12. The van der Waals surface area contributed by atoms with Gasteiger partial charge in [-0.25, -0.2) is 4.98 Å². The number of H-pyrrole nitrogens is 1. The molecule has 0 bridgehead atoms. The average Bonchev–Trinajstić information content (AvgIpc) is 3.02. The monoisotopic (exact) mass is 228 g/mol. The molecule has 1 saturated heterocycles. The van der Waals surface area contributed by atoms with E-state index in [0.29, 0.717) is 6.04 Å². The summed E-state index contributed by atoms with van der Waals surface area (Å²) in [6.07, 6.45) is 3.45. The molecule has 1 aromatic heterocycles. The van der Waals surface area contributed by atoms with Crippen molar-refractivity contribution in [3.8, 4) is 11.4 Å². The van der Waals surface area contributed by atoms with E-state index in [0.717, 1.165) is 30.2 Å². The molecule has 0 aliphatic carbocycles. The topological polar surface area (TPSA) is 53.6 Å². The third-order valence-corrected chi connectivity index (χ3v) is 3.17. The van der Waals surface area contributed by atoms with E-state index in [9.17, 15) is 0 Å². The van der Waals surface area contributed by atoms with E-state index < -0.39 is 0 Å². The zero-order valence-corrected chi connectivity index (χ0v) is 9.69. The number of hydrogen-bond acceptors (Lipinski definition) is 3. The highest BCUT2D eigenvalue weighted by Gasteiger charge is 2.16. The fourth-order valence-electron chi connectivity index (χ4n) is 2.27. The van der Waals surface area contributed by atoms with Crippen LogP contribution in [0.4, 0.5) is 0 Å². The van der Waals surface area contributed by atoms with Gasteiger partial charge >= 0.3 is 0 Å². The molecular formula is C13H16N4. The molecule has 0 saturated carbocycles. The van der Waals surface area contributed by atoms with Gasteiger partial charge in [-0.2, -0.15) is 5.10 Å². The van der Waals surface area contributed by atoms with Crippen molar-refractivity contribution in [1.29, 1.82) is 0 Å². The first-order valence-corrected chi connectivity index (χ1v) is 6.12. The zero-order valence-electron chi connectivity index (χ0n) is 9.69. The van der Waals surface area contributed by atoms with Crippen molar-refractivity contribution in [2.45, 2.75) is 25.3 Å². The normalized spacial score (nSPS) is 19.6. The SMILES string of the molecule is c1ccc(-c2n[nH]c(CC3CCCN3)n2)cc1. The van der Waals surface area contributed by atoms with E-state index in [1.165, 1.54) is 12.8 Å². The summed E-state index contributed by atoms with van der Waals surface area (Å²) in [4.78, 5) is 4.54. The van der Waals surface area contributed by atoms with Gasteiger partial charge in [0.25, 0.3) is 0 Å². The second-order valence-electron chi connectivity index (χ2n) is 4.47. The largest absolute Gasteiger partial charge is 0.314 e. The Labute approximate surface area is 100 Å². The van der Waals surface area contributed by atoms with Gasteiger partial charge in [0.2, 0.25) is 0 Å². The first kappa shape index (κ1) is 10.5. The van der Waals surface area contributed by atoms with Crippen LogP contribution in [0.3, 0.4) is 0 Å². The Bertz CT molecular complexity index is 471. The molecule has 4 heteroatoms. The highest BCUT2D eigenvalue weighted by molar-refractivity contribution is 5.53. The van der Waals surface area contributed by atoms with Gasteiger partial charge in [0.1, 0.15) is 5.82 Å². The van der Waals surface area contributed by atoms with Gasteiger partial charge in [-0.15, -0.1) is 0 Å². The Morgan fingerprint density at radius 2 is 2.12 bits per heavy atom. The van der Waals surface area contributed by atoms with E-state index in [-0.39, 0.29) is 0 Å². The minimum atomic E-state index is 0.562. The molecule has 2 N–H and O–H groups in total. The van der Waals surface area contributed by atoms with Crippen LogP contribution in [0.2, 0.25) is 0 Å². The van der Waals surface area contributed by atoms with Crippen molar-refractivity contribution >= 4 is 0 Å². The fourth-order valence-corrected chi connectivity index (χ4v) is 2.27. The van der Waals surface area contributed by atoms with Crippen LogP contribution in [0.1, 0.15) is 18.7 Å². The van der Waals surface area contributed by atoms with Gasteiger partial charge in [-0.05, 0) is 19.4 Å². The van der Waals surface area contributed by atoms with Crippen LogP contribution in [0.25, 0.3) is 11.4 Å². The smallest absolute Gasteiger partial charge is 0.181 e. The highest BCUT2D eigenvalue weighted by Crippen LogP contribution is 2.15. The number of aromatic nitrogens is 3. The molecule has 1 aliphatic heterocycles. The lowest BCUT2D eigenvalue weighted by Crippen LogP contribution is -2.24. The summed E-state index contributed by atoms with van der Waals surface area (Å²) >= 11 is 0. The molecule has 0 radical (unpaired) electrons. The Hall–Kier alpha value is -1.68. The molecule has 0 spiro atoms. The standard InChI is InChI=1S/C13H16N4/c1-2-5-10(6-3-1)13-15-12(16-17-13)9-11-7-4-8-14-11/h1-3,5-6,11,14H,4,7-9H2,(H,15,16,17). The molecule has 2 aromatic rings. The Morgan fingerprint density at radius 3 is 2.88 bits per heavy atom. The predicted molar refractivity (Wildman–Crippen MR) is 66.5 cm³/mol. The first-order chi connectivity index (χ1) is 8.42. The second-order valence-corrected chi connectivity index (χ2v) is 4.47. The summed E-state index contributed by atoms with van der Waals surface area (Å²) in [5.41, 5.74) is 1.06. The maximum atomic E-state index is 4.54. The van der Waals surface area contributed by atoms with Crippen LogP contribution in [0.15, 0.2) is 30.3 Å². The van der Waals surface area contributed by atoms with E-state index in [2.05, 4.69) is 20.5 Å². The molecular weight excluding hydrogens is 212 g/mol. The van der Waals surface area contributed by atoms with Gasteiger partial charge in [-0.1, -0.05) is 30.3 Å². The highest BCUT2D eigenvalue weighted by atomic mass is 15.2. The number of nitrogens with one attached hydrogen (secondary N) is 2. The van der Waals surface area contributed by atoms with Gasteiger partial charge in [0.05, 0.1) is 0 Å². The minimum Gasteiger partial charge on any atom is -0.314 e. The van der Waals surface area contributed by atoms with Crippen molar-refractivity contribution < 1.29 is 0 Å². The van der Waals surface area contributed by atoms with Crippen molar-refractivity contribution in [2.24, 2.45) is 0 Å². The van der Waals surface area contributed by atoms with Gasteiger partial charge in [0.15, 0.2) is 5.82 Å². The molecule has 88 valence electrons. The number of aromatic amines is 1. The lowest BCUT2D eigenvalue weighted by molar-refractivity contribution is 0.586. The zero-order chi connectivity index (χ0) is 11.5. The average molecular weight is 228 g/mol. The van der Waals surface area contributed by atoms with Crippen LogP contribution >= 0.6 is 0 Å². The van der Waals surface area contributed by atoms with Crippen LogP contribution < -0.4 is 5.32 Å². The Balaban J connectivity index is 1.74. The number of nitrogens with zero attached hydrogens (tertiary/aromatic N) is 2. The minimum absolute atomic E-state index is 0.562. The summed E-state index contributed by atoms with van der Waals surface area (Å²) in [6.45, 7) is 1.13. The van der Waals surface area contributed by atoms with Crippen molar-refractivity contribution in [2.75, 3.05) is 6.54 Å². The maximum absolute atomic E-state index is 4.54. The van der Waals surface area contributed by atoms with E-state index in [1.807, 2.05) is 30.3 Å². The van der Waals surface area contributed by atoms with Crippen LogP contribution in [0.5, 0.6) is 0 Å². The lowest BCUT2D eigenvalue weighted by Gasteiger charge is -2.05. The Kier molecular flexibility index (Phi) is 2.88. The molecule has 3 rings (SSSR count). The molecule has 4 nitrogen and oxygen atoms in total. The molecule has 1 aliphatic rings. The summed E-state index contributed by atoms with van der Waals surface area (Å²) in [7, 11) is 0. The molecule has 1 atom stereocenters. The molecule has 1 fully saturated rings. The number of benzene rings is 1. The quantitative estimate of drug-likeness (QED) is 0.841. The number of hydrogen-bond donors (Lipinski definition) is 2. The second kappa shape index (κ2) is 4.67. The van der Waals surface area contributed by atoms with Gasteiger partial charge < -0.3 is 5.32 Å². The fraction of sp³-hybridized carbons (Fsp3) is 0.385. The molecule has 1 unspecified atom stereocenters. The third kappa shape index (κ3) is 2.36. The lowest BCUT2D eigenvalue weighted by atomic mass is 10.1. The van der Waals surface area contributed by atoms with Crippen LogP contribution in [-0.4, -0.2) is 27.8 Å². The van der Waals surface area contributed by atoms with Crippen molar-refractivity contribution in [3.63, 3.8) is 0 Å². The Morgan fingerprint density at radius 1 is 1.24 bits per heavy atom. The summed E-state index contributed by atoms with van der Waals surface area (Å²) in [6, 6.07) is 10.6. The van der Waals surface area contributed by atoms with Gasteiger partial charge in [0, 0.05) is 18.0 Å². The summed E-state index contributed by atoms with van der Waals surface area (Å²) < 4.78 is 0. The van der Waals surface area contributed by atoms with E-state index >= 15 is 0 Å². The molecule has 0 amide bonds. The van der Waals surface area contributed by atoms with Crippen molar-refractivity contribution in [1.82, 2.24) is 20.5 Å². The molecule has 2 heterocycles. The summed E-state index contributed by atoms with van der Waals surface area (Å²) in [5, 5.41) is 10.8. The molecule has 1 aromatic carbocycles. The van der Waals surface area contributed by atoms with Gasteiger partial charge in [-0.3, -0.25) is 5.10 Å². The summed E-state index contributed by atoms with van der Waals surface area (Å²) in [5.74, 6) is 1.77. The van der Waals surface area contributed by atoms with Crippen LogP contribution in [-0.2, 0) is 6.42 Å². The molecule has 17 heavy (non-hydrogen) atoms. The maximum Gasteiger partial charge on any atom is 0.181 e. The predicted octanol–water partition coefficient (Wildman–Crippen LogP) is 1.77. The van der Waals surface area contributed by atoms with Crippen LogP contribution in [0, 0.1) is 0 Å².